The van der Waals surface area contributed by atoms with E-state index in [1.54, 1.807) is 6.07 Å². The van der Waals surface area contributed by atoms with E-state index in [9.17, 15) is 9.18 Å². The van der Waals surface area contributed by atoms with Gasteiger partial charge >= 0.3 is 0 Å². The highest BCUT2D eigenvalue weighted by molar-refractivity contribution is 5.96. The smallest absolute Gasteiger partial charge is 0.272 e. The van der Waals surface area contributed by atoms with Gasteiger partial charge in [0, 0.05) is 5.39 Å². The SMILES string of the molecule is O=C(NNc1ncnc2ccccc12)c1ccccc1F. The summed E-state index contributed by atoms with van der Waals surface area (Å²) in [5.41, 5.74) is 5.83. The molecule has 0 aliphatic carbocycles. The van der Waals surface area contributed by atoms with E-state index in [2.05, 4.69) is 20.8 Å². The number of amides is 1. The summed E-state index contributed by atoms with van der Waals surface area (Å²) in [6.45, 7) is 0. The van der Waals surface area contributed by atoms with Gasteiger partial charge in [0.15, 0.2) is 5.82 Å². The summed E-state index contributed by atoms with van der Waals surface area (Å²) < 4.78 is 13.5. The van der Waals surface area contributed by atoms with E-state index >= 15 is 0 Å². The summed E-state index contributed by atoms with van der Waals surface area (Å²) in [6, 6.07) is 13.1. The molecular weight excluding hydrogens is 271 g/mol. The first kappa shape index (κ1) is 13.0. The highest BCUT2D eigenvalue weighted by atomic mass is 19.1. The van der Waals surface area contributed by atoms with Crippen molar-refractivity contribution in [1.29, 1.82) is 0 Å². The van der Waals surface area contributed by atoms with Crippen molar-refractivity contribution in [2.75, 3.05) is 5.43 Å². The molecular formula is C15H11FN4O. The zero-order valence-corrected chi connectivity index (χ0v) is 10.9. The highest BCUT2D eigenvalue weighted by Crippen LogP contribution is 2.17. The highest BCUT2D eigenvalue weighted by Gasteiger charge is 2.11. The number of para-hydroxylation sites is 1. The van der Waals surface area contributed by atoms with E-state index in [-0.39, 0.29) is 5.56 Å². The third-order valence-electron chi connectivity index (χ3n) is 2.96. The Balaban J connectivity index is 1.81. The number of halogens is 1. The second-order valence-electron chi connectivity index (χ2n) is 4.30. The molecule has 6 heteroatoms. The van der Waals surface area contributed by atoms with Crippen molar-refractivity contribution in [3.63, 3.8) is 0 Å². The third kappa shape index (κ3) is 2.64. The minimum Gasteiger partial charge on any atom is -0.281 e. The molecule has 0 aliphatic heterocycles. The molecule has 1 amide bonds. The molecule has 0 spiro atoms. The van der Waals surface area contributed by atoms with Gasteiger partial charge in [-0.1, -0.05) is 24.3 Å². The van der Waals surface area contributed by atoms with Crippen molar-refractivity contribution in [3.8, 4) is 0 Å². The van der Waals surface area contributed by atoms with Gasteiger partial charge in [-0.15, -0.1) is 0 Å². The Morgan fingerprint density at radius 3 is 2.62 bits per heavy atom. The Hall–Kier alpha value is -3.02. The van der Waals surface area contributed by atoms with Crippen LogP contribution in [0.2, 0.25) is 0 Å². The molecule has 5 nitrogen and oxygen atoms in total. The number of nitrogens with zero attached hydrogens (tertiary/aromatic N) is 2. The first-order valence-corrected chi connectivity index (χ1v) is 6.26. The van der Waals surface area contributed by atoms with Crippen LogP contribution in [-0.4, -0.2) is 15.9 Å². The predicted octanol–water partition coefficient (Wildman–Crippen LogP) is 2.53. The van der Waals surface area contributed by atoms with Crippen molar-refractivity contribution in [3.05, 3.63) is 66.2 Å². The molecule has 0 aliphatic rings. The van der Waals surface area contributed by atoms with E-state index in [4.69, 9.17) is 0 Å². The van der Waals surface area contributed by atoms with Crippen molar-refractivity contribution in [1.82, 2.24) is 15.4 Å². The van der Waals surface area contributed by atoms with Crippen LogP contribution in [0.4, 0.5) is 10.2 Å². The lowest BCUT2D eigenvalue weighted by Gasteiger charge is -2.10. The van der Waals surface area contributed by atoms with Gasteiger partial charge in [0.25, 0.3) is 5.91 Å². The number of benzene rings is 2. The second kappa shape index (κ2) is 5.54. The summed E-state index contributed by atoms with van der Waals surface area (Å²) >= 11 is 0. The van der Waals surface area contributed by atoms with Gasteiger partial charge in [-0.25, -0.2) is 14.4 Å². The normalized spacial score (nSPS) is 10.3. The largest absolute Gasteiger partial charge is 0.281 e. The Morgan fingerprint density at radius 1 is 1.00 bits per heavy atom. The van der Waals surface area contributed by atoms with Gasteiger partial charge in [0.1, 0.15) is 12.1 Å². The van der Waals surface area contributed by atoms with Crippen LogP contribution in [0.5, 0.6) is 0 Å². The lowest BCUT2D eigenvalue weighted by molar-refractivity contribution is 0.0958. The summed E-state index contributed by atoms with van der Waals surface area (Å²) in [5, 5.41) is 0.758. The minimum atomic E-state index is -0.579. The third-order valence-corrected chi connectivity index (χ3v) is 2.96. The fraction of sp³-hybridized carbons (Fsp3) is 0. The molecule has 0 unspecified atom stereocenters. The molecule has 0 fully saturated rings. The molecule has 0 radical (unpaired) electrons. The maximum absolute atomic E-state index is 13.5. The van der Waals surface area contributed by atoms with Crippen molar-refractivity contribution < 1.29 is 9.18 Å². The maximum Gasteiger partial charge on any atom is 0.272 e. The lowest BCUT2D eigenvalue weighted by atomic mass is 10.2. The van der Waals surface area contributed by atoms with E-state index in [1.165, 1.54) is 24.5 Å². The van der Waals surface area contributed by atoms with E-state index in [1.807, 2.05) is 24.3 Å². The van der Waals surface area contributed by atoms with Gasteiger partial charge in [0.05, 0.1) is 11.1 Å². The summed E-state index contributed by atoms with van der Waals surface area (Å²) in [6.07, 6.45) is 1.39. The molecule has 3 rings (SSSR count). The fourth-order valence-electron chi connectivity index (χ4n) is 1.93. The van der Waals surface area contributed by atoms with Crippen molar-refractivity contribution >= 4 is 22.6 Å². The van der Waals surface area contributed by atoms with Crippen LogP contribution >= 0.6 is 0 Å². The average Bonchev–Trinajstić information content (AvgIpc) is 2.53. The van der Waals surface area contributed by atoms with Crippen LogP contribution in [0.1, 0.15) is 10.4 Å². The van der Waals surface area contributed by atoms with E-state index in [0.717, 1.165) is 10.9 Å². The molecule has 2 N–H and O–H groups in total. The van der Waals surface area contributed by atoms with Crippen LogP contribution in [0, 0.1) is 5.82 Å². The van der Waals surface area contributed by atoms with Crippen LogP contribution in [-0.2, 0) is 0 Å². The number of nitrogens with one attached hydrogen (secondary N) is 2. The quantitative estimate of drug-likeness (QED) is 0.724. The van der Waals surface area contributed by atoms with Crippen molar-refractivity contribution in [2.24, 2.45) is 0 Å². The van der Waals surface area contributed by atoms with Gasteiger partial charge in [0.2, 0.25) is 0 Å². The number of hydrogen-bond acceptors (Lipinski definition) is 4. The Morgan fingerprint density at radius 2 is 1.76 bits per heavy atom. The molecule has 0 saturated heterocycles. The number of hydrogen-bond donors (Lipinski definition) is 2. The topological polar surface area (TPSA) is 66.9 Å². The summed E-state index contributed by atoms with van der Waals surface area (Å²) in [4.78, 5) is 20.1. The molecule has 2 aromatic carbocycles. The molecule has 1 aromatic heterocycles. The number of fused-ring (bicyclic) bond motifs is 1. The number of carbonyl (C=O) groups excluding carboxylic acids is 1. The van der Waals surface area contributed by atoms with E-state index < -0.39 is 11.7 Å². The molecule has 0 saturated carbocycles. The first-order chi connectivity index (χ1) is 10.3. The second-order valence-corrected chi connectivity index (χ2v) is 4.30. The Bertz CT molecular complexity index is 801. The number of aromatic nitrogens is 2. The summed E-state index contributed by atoms with van der Waals surface area (Å²) in [5.74, 6) is -0.703. The Labute approximate surface area is 119 Å². The lowest BCUT2D eigenvalue weighted by Crippen LogP contribution is -2.30. The zero-order chi connectivity index (χ0) is 14.7. The van der Waals surface area contributed by atoms with Gasteiger partial charge < -0.3 is 0 Å². The van der Waals surface area contributed by atoms with Gasteiger partial charge in [-0.3, -0.25) is 15.6 Å². The first-order valence-electron chi connectivity index (χ1n) is 6.26. The monoisotopic (exact) mass is 282 g/mol. The van der Waals surface area contributed by atoms with Crippen molar-refractivity contribution in [2.45, 2.75) is 0 Å². The van der Waals surface area contributed by atoms with Gasteiger partial charge in [-0.05, 0) is 24.3 Å². The number of rotatable bonds is 3. The summed E-state index contributed by atoms with van der Waals surface area (Å²) in [7, 11) is 0. The molecule has 0 bridgehead atoms. The molecule has 3 aromatic rings. The maximum atomic E-state index is 13.5. The molecule has 104 valence electrons. The predicted molar refractivity (Wildman–Crippen MR) is 77.0 cm³/mol. The number of carbonyl (C=O) groups is 1. The van der Waals surface area contributed by atoms with Crippen LogP contribution < -0.4 is 10.9 Å². The average molecular weight is 282 g/mol. The van der Waals surface area contributed by atoms with Crippen LogP contribution in [0.15, 0.2) is 54.9 Å². The van der Waals surface area contributed by atoms with Crippen LogP contribution in [0.3, 0.4) is 0 Å². The standard InChI is InChI=1S/C15H11FN4O/c16-12-7-3-1-5-10(12)15(21)20-19-14-11-6-2-4-8-13(11)17-9-18-14/h1-9H,(H,20,21)(H,17,18,19). The van der Waals surface area contributed by atoms with E-state index in [0.29, 0.717) is 5.82 Å². The number of hydrazine groups is 1. The van der Waals surface area contributed by atoms with Gasteiger partial charge in [-0.2, -0.15) is 0 Å². The molecule has 1 heterocycles. The Kier molecular flexibility index (Phi) is 3.42. The fourth-order valence-corrected chi connectivity index (χ4v) is 1.93. The number of anilines is 1. The molecule has 21 heavy (non-hydrogen) atoms. The minimum absolute atomic E-state index is 0.0386. The van der Waals surface area contributed by atoms with Crippen LogP contribution in [0.25, 0.3) is 10.9 Å². The molecule has 0 atom stereocenters. The zero-order valence-electron chi connectivity index (χ0n) is 10.9.